The van der Waals surface area contributed by atoms with Gasteiger partial charge in [-0.25, -0.2) is 4.79 Å². The number of fused-ring (bicyclic) bond motifs is 3. The molecule has 0 aromatic heterocycles. The summed E-state index contributed by atoms with van der Waals surface area (Å²) in [5, 5.41) is 10.7. The number of amides is 4. The number of imide groups is 3. The molecule has 4 amide bonds. The van der Waals surface area contributed by atoms with Crippen LogP contribution in [0.3, 0.4) is 0 Å². The van der Waals surface area contributed by atoms with E-state index in [1.807, 2.05) is 0 Å². The third kappa shape index (κ3) is 3.01. The summed E-state index contributed by atoms with van der Waals surface area (Å²) in [6.07, 6.45) is 3.19. The van der Waals surface area contributed by atoms with E-state index in [-0.39, 0.29) is 40.0 Å². The highest BCUT2D eigenvalue weighted by Gasteiger charge is 2.57. The number of Topliss-reactive ketones (excluding diaryl/α,β-unsaturated/α-hetero) is 1. The number of halogens is 1. The average molecular weight is 527 g/mol. The lowest BCUT2D eigenvalue weighted by Crippen LogP contribution is -2.42. The standard InChI is InChI=1S/C24H19BrN2O7/c1-34-9-2-5-16(28)13(6-9)18-10-3-4-11-19(23(32)27(22(11)31)24(26)33)12(10)7-14-20(18)17(29)8-15(25)21(14)30/h2-3,5-6,8,11-12,18-19,28H,4,7H2,1H3,(H2,26,33). The Kier molecular flexibility index (Phi) is 5.09. The van der Waals surface area contributed by atoms with E-state index in [9.17, 15) is 29.1 Å². The summed E-state index contributed by atoms with van der Waals surface area (Å²) in [5.74, 6) is -4.99. The fourth-order valence-corrected chi connectivity index (χ4v) is 6.12. The number of phenolic OH excluding ortho intramolecular Hbond substituents is 1. The van der Waals surface area contributed by atoms with Gasteiger partial charge in [-0.2, -0.15) is 4.90 Å². The van der Waals surface area contributed by atoms with Gasteiger partial charge in [0.1, 0.15) is 11.5 Å². The van der Waals surface area contributed by atoms with Gasteiger partial charge in [-0.3, -0.25) is 19.2 Å². The highest BCUT2D eigenvalue weighted by Crippen LogP contribution is 2.56. The monoisotopic (exact) mass is 526 g/mol. The smallest absolute Gasteiger partial charge is 0.328 e. The molecule has 1 heterocycles. The number of allylic oxidation sites excluding steroid dienone is 6. The number of benzene rings is 1. The van der Waals surface area contributed by atoms with Gasteiger partial charge < -0.3 is 15.6 Å². The minimum absolute atomic E-state index is 0.0443. The molecule has 0 bridgehead atoms. The highest BCUT2D eigenvalue weighted by molar-refractivity contribution is 9.12. The third-order valence-electron chi connectivity index (χ3n) is 7.10. The van der Waals surface area contributed by atoms with E-state index in [4.69, 9.17) is 10.5 Å². The number of aromatic hydroxyl groups is 1. The Morgan fingerprint density at radius 3 is 2.59 bits per heavy atom. The number of phenols is 1. The molecule has 174 valence electrons. The molecule has 3 aliphatic carbocycles. The second-order valence-electron chi connectivity index (χ2n) is 8.67. The SMILES string of the molecule is COc1ccc(O)c(C2C3=CCC4C(=O)N(C(N)=O)C(=O)C4C3CC3=C2C(=O)C=C(Br)C3=O)c1. The van der Waals surface area contributed by atoms with Crippen LogP contribution in [0.2, 0.25) is 0 Å². The number of hydrogen-bond donors (Lipinski definition) is 2. The molecule has 4 aliphatic rings. The number of rotatable bonds is 2. The lowest BCUT2D eigenvalue weighted by molar-refractivity contribution is -0.136. The lowest BCUT2D eigenvalue weighted by Gasteiger charge is -2.42. The number of nitrogens with two attached hydrogens (primary N) is 1. The second-order valence-corrected chi connectivity index (χ2v) is 9.52. The molecule has 4 unspecified atom stereocenters. The molecule has 5 rings (SSSR count). The van der Waals surface area contributed by atoms with Gasteiger partial charge in [0.2, 0.25) is 11.8 Å². The van der Waals surface area contributed by atoms with Crippen molar-refractivity contribution < 1.29 is 33.8 Å². The van der Waals surface area contributed by atoms with Crippen LogP contribution >= 0.6 is 15.9 Å². The number of ether oxygens (including phenoxy) is 1. The molecular formula is C24H19BrN2O7. The number of carbonyl (C=O) groups excluding carboxylic acids is 5. The predicted molar refractivity (Wildman–Crippen MR) is 121 cm³/mol. The number of ketones is 2. The molecule has 1 aromatic rings. The van der Waals surface area contributed by atoms with Crippen LogP contribution in [0, 0.1) is 17.8 Å². The van der Waals surface area contributed by atoms with Gasteiger partial charge in [-0.1, -0.05) is 11.6 Å². The van der Waals surface area contributed by atoms with Crippen LogP contribution < -0.4 is 10.5 Å². The van der Waals surface area contributed by atoms with E-state index in [1.54, 1.807) is 18.2 Å². The second kappa shape index (κ2) is 7.76. The van der Waals surface area contributed by atoms with Crippen molar-refractivity contribution in [2.45, 2.75) is 18.8 Å². The van der Waals surface area contributed by atoms with Gasteiger partial charge in [0, 0.05) is 28.7 Å². The quantitative estimate of drug-likeness (QED) is 0.341. The van der Waals surface area contributed by atoms with E-state index in [1.165, 1.54) is 19.3 Å². The molecule has 0 spiro atoms. The molecule has 0 saturated carbocycles. The first-order valence-electron chi connectivity index (χ1n) is 10.6. The van der Waals surface area contributed by atoms with Crippen molar-refractivity contribution >= 4 is 45.3 Å². The van der Waals surface area contributed by atoms with Crippen LogP contribution in [0.1, 0.15) is 24.3 Å². The molecule has 9 nitrogen and oxygen atoms in total. The zero-order chi connectivity index (χ0) is 24.5. The number of likely N-dealkylation sites (tertiary alicyclic amines) is 1. The van der Waals surface area contributed by atoms with Crippen LogP contribution in [0.15, 0.2) is 51.6 Å². The number of nitrogens with zero attached hydrogens (tertiary/aromatic N) is 1. The van der Waals surface area contributed by atoms with Gasteiger partial charge in [0.15, 0.2) is 11.6 Å². The maximum Gasteiger partial charge on any atom is 0.328 e. The normalized spacial score (nSPS) is 28.2. The highest BCUT2D eigenvalue weighted by atomic mass is 79.9. The van der Waals surface area contributed by atoms with Gasteiger partial charge in [0.25, 0.3) is 0 Å². The minimum atomic E-state index is -1.14. The number of methoxy groups -OCH3 is 1. The maximum absolute atomic E-state index is 13.1. The summed E-state index contributed by atoms with van der Waals surface area (Å²) < 4.78 is 5.40. The van der Waals surface area contributed by atoms with Crippen molar-refractivity contribution in [1.82, 2.24) is 4.90 Å². The fourth-order valence-electron chi connectivity index (χ4n) is 5.67. The molecule has 10 heteroatoms. The molecule has 3 N–H and O–H groups in total. The van der Waals surface area contributed by atoms with E-state index in [0.29, 0.717) is 21.8 Å². The first-order valence-corrected chi connectivity index (χ1v) is 11.4. The van der Waals surface area contributed by atoms with E-state index in [2.05, 4.69) is 15.9 Å². The van der Waals surface area contributed by atoms with Crippen molar-refractivity contribution in [3.05, 3.63) is 57.1 Å². The zero-order valence-electron chi connectivity index (χ0n) is 17.9. The maximum atomic E-state index is 13.1. The Balaban J connectivity index is 1.72. The van der Waals surface area contributed by atoms with Crippen molar-refractivity contribution in [3.63, 3.8) is 0 Å². The first kappa shape index (κ1) is 22.3. The first-order chi connectivity index (χ1) is 16.1. The van der Waals surface area contributed by atoms with E-state index >= 15 is 0 Å². The van der Waals surface area contributed by atoms with Crippen molar-refractivity contribution in [2.75, 3.05) is 7.11 Å². The molecule has 1 aliphatic heterocycles. The van der Waals surface area contributed by atoms with Gasteiger partial charge in [0.05, 0.1) is 23.4 Å². The fraction of sp³-hybridized carbons (Fsp3) is 0.292. The average Bonchev–Trinajstić information content (AvgIpc) is 3.06. The van der Waals surface area contributed by atoms with Gasteiger partial charge >= 0.3 is 6.03 Å². The van der Waals surface area contributed by atoms with Crippen molar-refractivity contribution in [1.29, 1.82) is 0 Å². The third-order valence-corrected chi connectivity index (χ3v) is 7.69. The van der Waals surface area contributed by atoms with Gasteiger partial charge in [-0.05, 0) is 52.9 Å². The molecule has 34 heavy (non-hydrogen) atoms. The Morgan fingerprint density at radius 2 is 1.91 bits per heavy atom. The van der Waals surface area contributed by atoms with Crippen LogP contribution in [0.4, 0.5) is 4.79 Å². The van der Waals surface area contributed by atoms with Crippen LogP contribution in [-0.2, 0) is 19.2 Å². The summed E-state index contributed by atoms with van der Waals surface area (Å²) in [6, 6.07) is 3.44. The Labute approximate surface area is 202 Å². The molecule has 1 saturated heterocycles. The summed E-state index contributed by atoms with van der Waals surface area (Å²) in [5.41, 5.74) is 6.72. The lowest BCUT2D eigenvalue weighted by atomic mass is 9.59. The number of carbonyl (C=O) groups is 5. The zero-order valence-corrected chi connectivity index (χ0v) is 19.5. The molecule has 1 fully saturated rings. The van der Waals surface area contributed by atoms with Crippen LogP contribution in [0.5, 0.6) is 11.5 Å². The largest absolute Gasteiger partial charge is 0.508 e. The molecule has 4 atom stereocenters. The van der Waals surface area contributed by atoms with Crippen molar-refractivity contribution in [3.8, 4) is 11.5 Å². The molecular weight excluding hydrogens is 508 g/mol. The Bertz CT molecular complexity index is 1310. The van der Waals surface area contributed by atoms with Crippen LogP contribution in [0.25, 0.3) is 0 Å². The van der Waals surface area contributed by atoms with E-state index < -0.39 is 47.3 Å². The van der Waals surface area contributed by atoms with Crippen molar-refractivity contribution in [2.24, 2.45) is 23.5 Å². The van der Waals surface area contributed by atoms with E-state index in [0.717, 1.165) is 0 Å². The molecule has 0 radical (unpaired) electrons. The summed E-state index contributed by atoms with van der Waals surface area (Å²) in [4.78, 5) is 64.5. The number of hydrogen-bond acceptors (Lipinski definition) is 7. The van der Waals surface area contributed by atoms with Crippen LogP contribution in [-0.4, -0.2) is 46.5 Å². The molecule has 1 aromatic carbocycles. The summed E-state index contributed by atoms with van der Waals surface area (Å²) >= 11 is 3.15. The summed E-state index contributed by atoms with van der Waals surface area (Å²) in [7, 11) is 1.46. The number of urea groups is 1. The summed E-state index contributed by atoms with van der Waals surface area (Å²) in [6.45, 7) is 0. The Hall–Kier alpha value is -3.53. The Morgan fingerprint density at radius 1 is 1.18 bits per heavy atom. The minimum Gasteiger partial charge on any atom is -0.508 e. The number of primary amides is 1. The van der Waals surface area contributed by atoms with Gasteiger partial charge in [-0.15, -0.1) is 0 Å². The topological polar surface area (TPSA) is 144 Å². The predicted octanol–water partition coefficient (Wildman–Crippen LogP) is 2.24.